The van der Waals surface area contributed by atoms with Crippen LogP contribution in [0.15, 0.2) is 97.5 Å². The molecule has 0 aromatic carbocycles. The Balaban J connectivity index is 0.000000194. The Hall–Kier alpha value is -12.8. The van der Waals surface area contributed by atoms with Gasteiger partial charge in [-0.25, -0.2) is 59.0 Å². The molecule has 0 aliphatic carbocycles. The van der Waals surface area contributed by atoms with E-state index in [1.165, 1.54) is 24.8 Å². The zero-order valence-corrected chi connectivity index (χ0v) is 82.5. The van der Waals surface area contributed by atoms with Crippen molar-refractivity contribution < 1.29 is 57.3 Å². The fourth-order valence-electron chi connectivity index (χ4n) is 16.7. The number of rotatable bonds is 8. The normalized spacial score (nSPS) is 16.9. The second-order valence-corrected chi connectivity index (χ2v) is 39.1. The van der Waals surface area contributed by atoms with E-state index in [1.807, 2.05) is 41.9 Å². The quantitative estimate of drug-likeness (QED) is 0.0633. The molecule has 0 atom stereocenters. The van der Waals surface area contributed by atoms with Crippen molar-refractivity contribution in [2.24, 2.45) is 0 Å². The molecule has 13 N–H and O–H groups in total. The van der Waals surface area contributed by atoms with Crippen LogP contribution in [-0.4, -0.2) is 229 Å². The molecule has 4 saturated heterocycles. The van der Waals surface area contributed by atoms with Crippen LogP contribution < -0.4 is 86.5 Å². The number of pyridine rings is 4. The maximum absolute atomic E-state index is 13.8. The number of carbonyl (C=O) groups is 8. The van der Waals surface area contributed by atoms with E-state index in [9.17, 15) is 57.5 Å². The minimum absolute atomic E-state index is 0. The summed E-state index contributed by atoms with van der Waals surface area (Å²) in [6.07, 6.45) is 6.64. The van der Waals surface area contributed by atoms with Crippen LogP contribution in [0, 0.1) is 27.7 Å². The number of anilines is 11. The van der Waals surface area contributed by atoms with E-state index in [0.717, 1.165) is 94.5 Å². The first-order chi connectivity index (χ1) is 62.1. The van der Waals surface area contributed by atoms with Crippen LogP contribution in [0.2, 0.25) is 0 Å². The van der Waals surface area contributed by atoms with Crippen molar-refractivity contribution in [3.8, 4) is 0 Å². The van der Waals surface area contributed by atoms with Gasteiger partial charge in [0.25, 0.3) is 45.9 Å². The van der Waals surface area contributed by atoms with Crippen LogP contribution in [0.3, 0.4) is 0 Å². The molecule has 44 nitrogen and oxygen atoms in total. The number of nitrogen functional groups attached to an aromatic ring is 3. The van der Waals surface area contributed by atoms with Crippen molar-refractivity contribution in [2.45, 2.75) is 215 Å². The number of carbonyl (C=O) groups excluding carboxylic acids is 8. The van der Waals surface area contributed by atoms with Crippen LogP contribution in [0.25, 0.3) is 0 Å². The van der Waals surface area contributed by atoms with E-state index in [1.54, 1.807) is 145 Å². The molecule has 16 heterocycles. The first-order valence-corrected chi connectivity index (χ1v) is 44.1. The Morgan fingerprint density at radius 1 is 0.353 bits per heavy atom. The molecule has 4 spiro atoms. The van der Waals surface area contributed by atoms with Crippen molar-refractivity contribution in [1.82, 2.24) is 99.0 Å². The number of ether oxygens (including phenoxy) is 4. The third-order valence-corrected chi connectivity index (χ3v) is 23.6. The SMILES string of the molecule is C.CC(C)(C)OC(=O)N(C(=O)OC(C)(C)C)c1cc(N)ncn1.Cc1cc(Br)c(=O)n2c1C(=O)NC21CCN(C)CC1.Cc1cc(Nc2cc(N(C(=O)OC(C)(C)C)C(=O)OC(C)(C)C)ncn2)c(=O)n2c1C(=O)NC21CCN(C)CC1.Cc1cc(Nc2cc(N)ncn2)c(=O)n2c1C(=O)NC21CCN(C)CC1.Cc1cc(Nc2cc(N)ncn2)c(=O)n2c1C(=O)NC21CCN(C)CC1.Cl.Cl. The highest BCUT2D eigenvalue weighted by Crippen LogP contribution is 2.40. The standard InChI is InChI=1S/C27H37N7O6.2C17H21N7O2.C14H22N4O4.C13H16BrN3O2.CH4.2ClH/c1-16-13-17(22(36)34-20(16)21(35)31-27(34)9-11-32(8)12-10-27)30-18-14-19(29-15-28-18)33(23(37)39-25(2,3)4)24(38)40-26(5,6)7;2*1-10-7-11(21-13-8-12(18)19-9-20-13)16(26)24-14(10)15(25)22-17(24)3-5-23(2)6-4-17;1-13(2,3)21-11(19)18(12(20)22-14(4,5)6)10-7-9(15)16-8-17-10;1-8-7-9(14)12(19)17-10(8)11(18)15-13(17)3-5-16(2)6-4-13;;;/h13-15H,9-12H2,1-8H3,(H,31,35)(H,28,29,30);2*7-9H,3-6H2,1-2H3,(H,22,25)(H3,18,19,20,21);7-8H,1-6H3,(H2,15,16,17);7H,3-6H2,1-2H3,(H,15,18);1H4;2*1H. The van der Waals surface area contributed by atoms with Crippen LogP contribution in [0.5, 0.6) is 0 Å². The summed E-state index contributed by atoms with van der Waals surface area (Å²) >= 11 is 3.30. The highest BCUT2D eigenvalue weighted by molar-refractivity contribution is 9.10. The van der Waals surface area contributed by atoms with Gasteiger partial charge < -0.3 is 93.0 Å². The minimum atomic E-state index is -0.978. The maximum Gasteiger partial charge on any atom is 0.425 e. The zero-order valence-electron chi connectivity index (χ0n) is 79.3. The lowest BCUT2D eigenvalue weighted by Crippen LogP contribution is -2.53. The Morgan fingerprint density at radius 3 is 0.824 bits per heavy atom. The number of nitrogens with zero attached hydrogens (tertiary/aromatic N) is 18. The predicted octanol–water partition coefficient (Wildman–Crippen LogP) is 9.53. The van der Waals surface area contributed by atoms with Gasteiger partial charge >= 0.3 is 24.4 Å². The van der Waals surface area contributed by atoms with Crippen molar-refractivity contribution in [1.29, 1.82) is 0 Å². The van der Waals surface area contributed by atoms with Crippen LogP contribution in [0.1, 0.15) is 206 Å². The second-order valence-electron chi connectivity index (χ2n) is 38.2. The second kappa shape index (κ2) is 41.4. The van der Waals surface area contributed by atoms with Gasteiger partial charge in [-0.1, -0.05) is 7.43 Å². The van der Waals surface area contributed by atoms with Crippen LogP contribution in [0.4, 0.5) is 82.8 Å². The fraction of sp³-hybridized carbons (Fsp3) is 0.506. The molecule has 0 saturated carbocycles. The number of fused-ring (bicyclic) bond motifs is 8. The minimum Gasteiger partial charge on any atom is -0.443 e. The van der Waals surface area contributed by atoms with Crippen molar-refractivity contribution in [2.75, 3.05) is 123 Å². The highest BCUT2D eigenvalue weighted by atomic mass is 79.9. The smallest absolute Gasteiger partial charge is 0.425 e. The molecule has 136 heavy (non-hydrogen) atoms. The molecule has 0 radical (unpaired) electrons. The number of nitrogens with one attached hydrogen (secondary N) is 7. The topological polar surface area (TPSA) is 546 Å². The number of imide groups is 2. The fourth-order valence-corrected chi connectivity index (χ4v) is 17.2. The summed E-state index contributed by atoms with van der Waals surface area (Å²) < 4.78 is 28.3. The third kappa shape index (κ3) is 23.8. The van der Waals surface area contributed by atoms with E-state index in [4.69, 9.17) is 36.1 Å². The molecule has 8 amide bonds. The molecular formula is C89H123BrCl2N28O16. The number of likely N-dealkylation sites (tertiary alicyclic amines) is 4. The Bertz CT molecular complexity index is 5940. The van der Waals surface area contributed by atoms with Crippen molar-refractivity contribution >= 4 is 152 Å². The number of amides is 8. The summed E-state index contributed by atoms with van der Waals surface area (Å²) in [5, 5.41) is 21.2. The highest BCUT2D eigenvalue weighted by Gasteiger charge is 2.51. The molecule has 0 bridgehead atoms. The summed E-state index contributed by atoms with van der Waals surface area (Å²) in [5.41, 5.74) is 15.5. The van der Waals surface area contributed by atoms with E-state index in [2.05, 4.69) is 120 Å². The Kier molecular flexibility index (Phi) is 32.5. The van der Waals surface area contributed by atoms with Gasteiger partial charge in [0.2, 0.25) is 0 Å². The molecule has 4 fully saturated rings. The lowest BCUT2D eigenvalue weighted by molar-refractivity contribution is 0.0406. The number of hydrogen-bond donors (Lipinski definition) is 10. The van der Waals surface area contributed by atoms with Crippen LogP contribution in [-0.2, 0) is 41.6 Å². The van der Waals surface area contributed by atoms with Gasteiger partial charge in [0, 0.05) is 128 Å². The zero-order chi connectivity index (χ0) is 97.5. The Morgan fingerprint density at radius 2 is 0.574 bits per heavy atom. The molecule has 736 valence electrons. The predicted molar refractivity (Wildman–Crippen MR) is 520 cm³/mol. The summed E-state index contributed by atoms with van der Waals surface area (Å²) in [6, 6.07) is 12.4. The number of hydrogen-bond acceptors (Lipinski definition) is 34. The van der Waals surface area contributed by atoms with Gasteiger partial charge in [-0.2, -0.15) is 9.80 Å². The number of aromatic nitrogens is 12. The van der Waals surface area contributed by atoms with Gasteiger partial charge in [-0.15, -0.1) is 24.8 Å². The average molecular weight is 1990 g/mol. The van der Waals surface area contributed by atoms with Gasteiger partial charge in [-0.05, 0) is 201 Å². The molecule has 8 aromatic heterocycles. The van der Waals surface area contributed by atoms with E-state index in [-0.39, 0.29) is 107 Å². The first kappa shape index (κ1) is 107. The van der Waals surface area contributed by atoms with Gasteiger partial charge in [0.1, 0.15) is 145 Å². The molecule has 16 rings (SSSR count). The lowest BCUT2D eigenvalue weighted by Gasteiger charge is -2.39. The van der Waals surface area contributed by atoms with Gasteiger partial charge in [-0.3, -0.25) is 56.6 Å². The number of halogens is 3. The van der Waals surface area contributed by atoms with Gasteiger partial charge in [0.05, 0.1) is 4.47 Å². The van der Waals surface area contributed by atoms with Crippen LogP contribution >= 0.6 is 40.7 Å². The van der Waals surface area contributed by atoms with Crippen molar-refractivity contribution in [3.05, 3.63) is 165 Å². The average Bonchev–Trinajstić information content (AvgIpc) is 1.59. The first-order valence-electron chi connectivity index (χ1n) is 43.3. The molecule has 8 aliphatic heterocycles. The number of piperidine rings is 4. The summed E-state index contributed by atoms with van der Waals surface area (Å²) in [5.74, 6) is 0.826. The summed E-state index contributed by atoms with van der Waals surface area (Å²) in [4.78, 5) is 195. The third-order valence-electron chi connectivity index (χ3n) is 23.0. The monoisotopic (exact) mass is 1990 g/mol. The molecular weight excluding hydrogens is 1870 g/mol. The maximum atomic E-state index is 13.8. The van der Waals surface area contributed by atoms with Crippen molar-refractivity contribution in [3.63, 3.8) is 0 Å². The van der Waals surface area contributed by atoms with E-state index in [0.29, 0.717) is 116 Å². The van der Waals surface area contributed by atoms with Gasteiger partial charge in [0.15, 0.2) is 11.6 Å². The molecule has 8 aliphatic rings. The summed E-state index contributed by atoms with van der Waals surface area (Å²) in [7, 11) is 8.13. The number of nitrogens with two attached hydrogens (primary N) is 3. The number of aryl methyl sites for hydroxylation is 4. The summed E-state index contributed by atoms with van der Waals surface area (Å²) in [6.45, 7) is 33.9. The largest absolute Gasteiger partial charge is 0.443 e. The molecule has 0 unspecified atom stereocenters. The molecule has 47 heteroatoms. The lowest BCUT2D eigenvalue weighted by atomic mass is 9.97. The van der Waals surface area contributed by atoms with E-state index < -0.39 is 69.4 Å². The Labute approximate surface area is 807 Å². The molecule has 8 aromatic rings. The van der Waals surface area contributed by atoms with E-state index >= 15 is 0 Å².